The standard InChI is InChI=1S/C22H29N5O/c1-7-26(6)22(28)25-18-11-20(21-24-16(4)17(5)27(21)13-18)23-12-19-14(2)9-8-10-15(19)3/h8-11,13,23H,7,12H2,1-6H3,(H,25,28). The fraction of sp³-hybridized carbons (Fsp3) is 0.364. The van der Waals surface area contributed by atoms with Crippen molar-refractivity contribution in [2.75, 3.05) is 24.2 Å². The third-order valence-corrected chi connectivity index (χ3v) is 5.37. The van der Waals surface area contributed by atoms with Crippen LogP contribution in [0.4, 0.5) is 16.2 Å². The van der Waals surface area contributed by atoms with Crippen LogP contribution in [0.25, 0.3) is 5.65 Å². The lowest BCUT2D eigenvalue weighted by Gasteiger charge is -2.17. The maximum absolute atomic E-state index is 12.3. The molecule has 0 atom stereocenters. The van der Waals surface area contributed by atoms with Crippen molar-refractivity contribution in [1.82, 2.24) is 14.3 Å². The minimum absolute atomic E-state index is 0.128. The van der Waals surface area contributed by atoms with Gasteiger partial charge in [-0.05, 0) is 57.4 Å². The largest absolute Gasteiger partial charge is 0.378 e. The van der Waals surface area contributed by atoms with Crippen molar-refractivity contribution in [2.45, 2.75) is 41.2 Å². The number of hydrogen-bond acceptors (Lipinski definition) is 3. The molecule has 1 aromatic carbocycles. The predicted octanol–water partition coefficient (Wildman–Crippen LogP) is 4.66. The highest BCUT2D eigenvalue weighted by Gasteiger charge is 2.14. The first-order valence-corrected chi connectivity index (χ1v) is 9.62. The second-order valence-electron chi connectivity index (χ2n) is 7.29. The molecule has 2 amide bonds. The number of carbonyl (C=O) groups excluding carboxylic acids is 1. The second-order valence-corrected chi connectivity index (χ2v) is 7.29. The van der Waals surface area contributed by atoms with E-state index in [-0.39, 0.29) is 6.03 Å². The third kappa shape index (κ3) is 3.81. The summed E-state index contributed by atoms with van der Waals surface area (Å²) >= 11 is 0. The zero-order valence-electron chi connectivity index (χ0n) is 17.6. The van der Waals surface area contributed by atoms with Crippen molar-refractivity contribution in [1.29, 1.82) is 0 Å². The number of nitrogens with one attached hydrogen (secondary N) is 2. The van der Waals surface area contributed by atoms with Gasteiger partial charge in [-0.25, -0.2) is 9.78 Å². The summed E-state index contributed by atoms with van der Waals surface area (Å²) < 4.78 is 2.03. The van der Waals surface area contributed by atoms with Gasteiger partial charge in [0.05, 0.1) is 17.1 Å². The first-order valence-electron chi connectivity index (χ1n) is 9.62. The van der Waals surface area contributed by atoms with E-state index in [4.69, 9.17) is 4.98 Å². The van der Waals surface area contributed by atoms with Crippen LogP contribution >= 0.6 is 0 Å². The number of anilines is 2. The number of benzene rings is 1. The van der Waals surface area contributed by atoms with Gasteiger partial charge in [0, 0.05) is 32.0 Å². The van der Waals surface area contributed by atoms with Gasteiger partial charge in [-0.1, -0.05) is 18.2 Å². The Balaban J connectivity index is 1.98. The number of fused-ring (bicyclic) bond motifs is 1. The Morgan fingerprint density at radius 1 is 1.18 bits per heavy atom. The maximum atomic E-state index is 12.3. The Bertz CT molecular complexity index is 1000. The van der Waals surface area contributed by atoms with Gasteiger partial charge in [0.2, 0.25) is 0 Å². The number of pyridine rings is 1. The van der Waals surface area contributed by atoms with Crippen LogP contribution in [0.5, 0.6) is 0 Å². The highest BCUT2D eigenvalue weighted by atomic mass is 16.2. The Morgan fingerprint density at radius 2 is 1.86 bits per heavy atom. The summed E-state index contributed by atoms with van der Waals surface area (Å²) in [6.07, 6.45) is 1.93. The molecular weight excluding hydrogens is 350 g/mol. The van der Waals surface area contributed by atoms with Crippen molar-refractivity contribution >= 4 is 23.1 Å². The number of nitrogens with zero attached hydrogens (tertiary/aromatic N) is 3. The van der Waals surface area contributed by atoms with Gasteiger partial charge in [-0.15, -0.1) is 0 Å². The lowest BCUT2D eigenvalue weighted by atomic mass is 10.0. The Labute approximate surface area is 166 Å². The summed E-state index contributed by atoms with van der Waals surface area (Å²) in [6.45, 7) is 11.6. The van der Waals surface area contributed by atoms with Crippen LogP contribution in [0.15, 0.2) is 30.5 Å². The van der Waals surface area contributed by atoms with E-state index in [1.807, 2.05) is 37.4 Å². The molecule has 0 saturated carbocycles. The van der Waals surface area contributed by atoms with Crippen molar-refractivity contribution < 1.29 is 4.79 Å². The molecule has 148 valence electrons. The van der Waals surface area contributed by atoms with Gasteiger partial charge in [0.1, 0.15) is 0 Å². The summed E-state index contributed by atoms with van der Waals surface area (Å²) in [5, 5.41) is 6.52. The topological polar surface area (TPSA) is 61.7 Å². The van der Waals surface area contributed by atoms with Gasteiger partial charge in [0.25, 0.3) is 0 Å². The number of imidazole rings is 1. The molecule has 0 spiro atoms. The third-order valence-electron chi connectivity index (χ3n) is 5.37. The predicted molar refractivity (Wildman–Crippen MR) is 115 cm³/mol. The molecule has 0 aliphatic heterocycles. The van der Waals surface area contributed by atoms with Crippen molar-refractivity contribution in [3.8, 4) is 0 Å². The molecule has 0 aliphatic rings. The molecule has 28 heavy (non-hydrogen) atoms. The van der Waals surface area contributed by atoms with E-state index in [9.17, 15) is 4.79 Å². The second kappa shape index (κ2) is 7.92. The Morgan fingerprint density at radius 3 is 2.50 bits per heavy atom. The number of hydrogen-bond donors (Lipinski definition) is 2. The molecule has 0 saturated heterocycles. The van der Waals surface area contributed by atoms with Crippen LogP contribution in [0.1, 0.15) is 35.0 Å². The smallest absolute Gasteiger partial charge is 0.321 e. The summed E-state index contributed by atoms with van der Waals surface area (Å²) in [6, 6.07) is 8.16. The summed E-state index contributed by atoms with van der Waals surface area (Å²) in [7, 11) is 1.78. The SMILES string of the molecule is CCN(C)C(=O)Nc1cc(NCc2c(C)cccc2C)c2nc(C)c(C)n2c1. The monoisotopic (exact) mass is 379 g/mol. The molecule has 2 N–H and O–H groups in total. The summed E-state index contributed by atoms with van der Waals surface area (Å²) in [4.78, 5) is 18.7. The van der Waals surface area contributed by atoms with Crippen molar-refractivity contribution in [2.24, 2.45) is 0 Å². The van der Waals surface area contributed by atoms with Crippen LogP contribution in [0, 0.1) is 27.7 Å². The van der Waals surface area contributed by atoms with E-state index in [0.29, 0.717) is 13.1 Å². The minimum atomic E-state index is -0.128. The lowest BCUT2D eigenvalue weighted by Crippen LogP contribution is -2.31. The summed E-state index contributed by atoms with van der Waals surface area (Å²) in [5.41, 5.74) is 8.33. The Hall–Kier alpha value is -3.02. The average Bonchev–Trinajstić information content (AvgIpc) is 2.95. The van der Waals surface area contributed by atoms with Gasteiger partial charge in [-0.2, -0.15) is 0 Å². The van der Waals surface area contributed by atoms with Gasteiger partial charge < -0.3 is 19.9 Å². The van der Waals surface area contributed by atoms with E-state index >= 15 is 0 Å². The van der Waals surface area contributed by atoms with Crippen LogP contribution in [-0.2, 0) is 6.54 Å². The van der Waals surface area contributed by atoms with Crippen LogP contribution in [-0.4, -0.2) is 33.9 Å². The van der Waals surface area contributed by atoms with E-state index in [0.717, 1.165) is 28.4 Å². The minimum Gasteiger partial charge on any atom is -0.378 e. The van der Waals surface area contributed by atoms with E-state index < -0.39 is 0 Å². The first kappa shape index (κ1) is 19.7. The van der Waals surface area contributed by atoms with E-state index in [2.05, 4.69) is 42.7 Å². The molecule has 2 heterocycles. The average molecular weight is 380 g/mol. The van der Waals surface area contributed by atoms with Gasteiger partial charge in [-0.3, -0.25) is 0 Å². The first-order chi connectivity index (χ1) is 13.3. The normalized spacial score (nSPS) is 10.9. The Kier molecular flexibility index (Phi) is 5.58. The van der Waals surface area contributed by atoms with Crippen molar-refractivity contribution in [3.05, 3.63) is 58.5 Å². The van der Waals surface area contributed by atoms with Gasteiger partial charge in [0.15, 0.2) is 5.65 Å². The molecule has 3 aromatic rings. The number of aryl methyl sites for hydroxylation is 4. The van der Waals surface area contributed by atoms with E-state index in [1.54, 1.807) is 11.9 Å². The van der Waals surface area contributed by atoms with Crippen LogP contribution in [0.3, 0.4) is 0 Å². The zero-order valence-corrected chi connectivity index (χ0v) is 17.6. The van der Waals surface area contributed by atoms with E-state index in [1.165, 1.54) is 16.7 Å². The fourth-order valence-electron chi connectivity index (χ4n) is 3.24. The van der Waals surface area contributed by atoms with Crippen molar-refractivity contribution in [3.63, 3.8) is 0 Å². The highest BCUT2D eigenvalue weighted by Crippen LogP contribution is 2.26. The maximum Gasteiger partial charge on any atom is 0.321 e. The van der Waals surface area contributed by atoms with Crippen LogP contribution < -0.4 is 10.6 Å². The molecule has 6 nitrogen and oxygen atoms in total. The van der Waals surface area contributed by atoms with Gasteiger partial charge >= 0.3 is 6.03 Å². The highest BCUT2D eigenvalue weighted by molar-refractivity contribution is 5.90. The number of rotatable bonds is 5. The molecule has 0 radical (unpaired) electrons. The molecular formula is C22H29N5O. The number of carbonyl (C=O) groups is 1. The molecule has 2 aromatic heterocycles. The molecule has 0 unspecified atom stereocenters. The summed E-state index contributed by atoms with van der Waals surface area (Å²) in [5.74, 6) is 0. The van der Waals surface area contributed by atoms with Crippen LogP contribution in [0.2, 0.25) is 0 Å². The quantitative estimate of drug-likeness (QED) is 0.677. The zero-order chi connectivity index (χ0) is 20.4. The molecule has 0 bridgehead atoms. The number of amides is 2. The lowest BCUT2D eigenvalue weighted by molar-refractivity contribution is 0.224. The number of urea groups is 1. The molecule has 3 rings (SSSR count). The fourth-order valence-corrected chi connectivity index (χ4v) is 3.24. The molecule has 0 fully saturated rings. The molecule has 0 aliphatic carbocycles. The number of aromatic nitrogens is 2. The molecule has 6 heteroatoms.